The van der Waals surface area contributed by atoms with E-state index in [1.165, 1.54) is 6.92 Å². The molecule has 18 nitrogen and oxygen atoms in total. The molecular formula is C24H39N8O10P. The van der Waals surface area contributed by atoms with Gasteiger partial charge in [-0.05, 0) is 31.7 Å². The standard InChI is InChI=1S/C24H39N8O10P/c1-14(29-22(37)18(12-34)31-21(36)17(25)8-5-9-28-24(26)27)20(35)32-19(13-42-43(39,40)41)23(38)30-16(11-33)10-15-6-3-2-4-7-15/h2-4,6-7,11,14,16-19,34H,5,8-10,12-13,25H2,1H3,(H,29,37)(H,30,38)(H,31,36)(H,32,35)(H4,26,27,28)(H2,39,40,41)/t14-,16-,17-,18-,19-/m0/s1. The van der Waals surface area contributed by atoms with Gasteiger partial charge in [-0.3, -0.25) is 28.7 Å². The summed E-state index contributed by atoms with van der Waals surface area (Å²) in [7, 11) is -5.06. The average molecular weight is 631 g/mol. The number of carbonyl (C=O) groups is 5. The van der Waals surface area contributed by atoms with Crippen molar-refractivity contribution in [3.05, 3.63) is 35.9 Å². The molecule has 0 aliphatic rings. The summed E-state index contributed by atoms with van der Waals surface area (Å²) in [5.41, 5.74) is 16.9. The van der Waals surface area contributed by atoms with Gasteiger partial charge in [0.15, 0.2) is 5.96 Å². The summed E-state index contributed by atoms with van der Waals surface area (Å²) in [6.45, 7) is -0.389. The van der Waals surface area contributed by atoms with Crippen LogP contribution in [0.25, 0.3) is 0 Å². The first-order chi connectivity index (χ1) is 20.2. The zero-order chi connectivity index (χ0) is 32.6. The van der Waals surface area contributed by atoms with Crippen molar-refractivity contribution in [3.63, 3.8) is 0 Å². The van der Waals surface area contributed by atoms with Crippen LogP contribution in [-0.2, 0) is 39.5 Å². The molecule has 0 bridgehead atoms. The highest BCUT2D eigenvalue weighted by Crippen LogP contribution is 2.35. The number of carbonyl (C=O) groups excluding carboxylic acids is 5. The number of phosphoric acid groups is 1. The topological polar surface area (TPSA) is 311 Å². The number of amides is 4. The molecule has 0 saturated carbocycles. The minimum absolute atomic E-state index is 0.0940. The number of nitrogens with two attached hydrogens (primary N) is 3. The van der Waals surface area contributed by atoms with E-state index in [1.807, 2.05) is 0 Å². The number of benzene rings is 1. The Balaban J connectivity index is 2.82. The van der Waals surface area contributed by atoms with Crippen molar-refractivity contribution in [1.29, 1.82) is 0 Å². The van der Waals surface area contributed by atoms with Gasteiger partial charge in [0.05, 0.1) is 25.3 Å². The number of aldehydes is 1. The number of hydrogen-bond acceptors (Lipinski definition) is 10. The summed E-state index contributed by atoms with van der Waals surface area (Å²) >= 11 is 0. The van der Waals surface area contributed by atoms with Crippen molar-refractivity contribution in [3.8, 4) is 0 Å². The molecule has 1 aromatic carbocycles. The second-order valence-electron chi connectivity index (χ2n) is 9.32. The molecule has 0 saturated heterocycles. The molecule has 0 radical (unpaired) electrons. The number of aliphatic hydroxyl groups is 1. The van der Waals surface area contributed by atoms with Gasteiger partial charge in [0, 0.05) is 6.54 Å². The van der Waals surface area contributed by atoms with Crippen molar-refractivity contribution < 1.29 is 48.0 Å². The van der Waals surface area contributed by atoms with E-state index in [0.29, 0.717) is 18.3 Å². The molecule has 0 fully saturated rings. The van der Waals surface area contributed by atoms with Crippen molar-refractivity contribution in [2.24, 2.45) is 22.2 Å². The molecule has 240 valence electrons. The summed E-state index contributed by atoms with van der Waals surface area (Å²) in [5.74, 6) is -3.84. The van der Waals surface area contributed by atoms with Crippen LogP contribution in [0.1, 0.15) is 25.3 Å². The van der Waals surface area contributed by atoms with Crippen LogP contribution in [0.2, 0.25) is 0 Å². The van der Waals surface area contributed by atoms with Gasteiger partial charge in [0.2, 0.25) is 23.6 Å². The van der Waals surface area contributed by atoms with Gasteiger partial charge < -0.3 is 58.2 Å². The van der Waals surface area contributed by atoms with Crippen LogP contribution in [0, 0.1) is 0 Å². The highest BCUT2D eigenvalue weighted by molar-refractivity contribution is 7.46. The molecule has 19 heteroatoms. The van der Waals surface area contributed by atoms with Gasteiger partial charge in [0.1, 0.15) is 24.4 Å². The minimum atomic E-state index is -5.06. The first-order valence-corrected chi connectivity index (χ1v) is 14.5. The SMILES string of the molecule is C[C@H](NC(=O)[C@H](CO)NC(=O)[C@@H](N)CCCN=C(N)N)C(=O)N[C@@H](COP(=O)(O)O)C(=O)N[C@H](C=O)Cc1ccccc1. The van der Waals surface area contributed by atoms with Gasteiger partial charge in [-0.1, -0.05) is 30.3 Å². The fraction of sp³-hybridized carbons (Fsp3) is 0.500. The lowest BCUT2D eigenvalue weighted by Gasteiger charge is -2.24. The monoisotopic (exact) mass is 630 g/mol. The van der Waals surface area contributed by atoms with Crippen molar-refractivity contribution in [1.82, 2.24) is 21.3 Å². The second-order valence-corrected chi connectivity index (χ2v) is 10.6. The van der Waals surface area contributed by atoms with Crippen LogP contribution in [0.5, 0.6) is 0 Å². The first kappa shape index (κ1) is 37.1. The lowest BCUT2D eigenvalue weighted by Crippen LogP contribution is -2.59. The molecule has 4 amide bonds. The zero-order valence-electron chi connectivity index (χ0n) is 23.4. The first-order valence-electron chi connectivity index (χ1n) is 13.0. The van der Waals surface area contributed by atoms with E-state index in [9.17, 15) is 33.6 Å². The third-order valence-corrected chi connectivity index (χ3v) is 6.19. The Kier molecular flexibility index (Phi) is 16.0. The molecule has 5 atom stereocenters. The number of aliphatic hydroxyl groups excluding tert-OH is 1. The van der Waals surface area contributed by atoms with E-state index in [-0.39, 0.29) is 25.3 Å². The molecule has 0 spiro atoms. The Morgan fingerprint density at radius 1 is 0.977 bits per heavy atom. The van der Waals surface area contributed by atoms with Gasteiger partial charge in [-0.25, -0.2) is 4.57 Å². The Morgan fingerprint density at radius 2 is 1.58 bits per heavy atom. The molecule has 1 aromatic rings. The van der Waals surface area contributed by atoms with E-state index < -0.39 is 74.9 Å². The van der Waals surface area contributed by atoms with Gasteiger partial charge >= 0.3 is 7.82 Å². The van der Waals surface area contributed by atoms with Crippen molar-refractivity contribution in [2.45, 2.75) is 56.4 Å². The number of nitrogens with zero attached hydrogens (tertiary/aromatic N) is 1. The minimum Gasteiger partial charge on any atom is -0.394 e. The average Bonchev–Trinajstić information content (AvgIpc) is 2.94. The van der Waals surface area contributed by atoms with E-state index in [2.05, 4.69) is 30.8 Å². The maximum Gasteiger partial charge on any atom is 0.469 e. The fourth-order valence-corrected chi connectivity index (χ4v) is 3.78. The molecule has 0 aromatic heterocycles. The molecule has 0 aliphatic heterocycles. The van der Waals surface area contributed by atoms with Crippen LogP contribution in [0.4, 0.5) is 0 Å². The maximum absolute atomic E-state index is 12.9. The largest absolute Gasteiger partial charge is 0.469 e. The number of guanidine groups is 1. The summed E-state index contributed by atoms with van der Waals surface area (Å²) in [6.07, 6.45) is 1.07. The smallest absolute Gasteiger partial charge is 0.394 e. The quantitative estimate of drug-likeness (QED) is 0.0229. The van der Waals surface area contributed by atoms with Gasteiger partial charge in [-0.2, -0.15) is 0 Å². The summed E-state index contributed by atoms with van der Waals surface area (Å²) < 4.78 is 15.6. The van der Waals surface area contributed by atoms with Gasteiger partial charge in [-0.15, -0.1) is 0 Å². The van der Waals surface area contributed by atoms with Crippen LogP contribution in [0.15, 0.2) is 35.3 Å². The molecule has 0 heterocycles. The number of nitrogens with one attached hydrogen (secondary N) is 4. The molecule has 1 rings (SSSR count). The Bertz CT molecular complexity index is 1160. The maximum atomic E-state index is 12.9. The number of hydrogen-bond donors (Lipinski definition) is 10. The Morgan fingerprint density at radius 3 is 2.14 bits per heavy atom. The van der Waals surface area contributed by atoms with Crippen LogP contribution < -0.4 is 38.5 Å². The predicted octanol–water partition coefficient (Wildman–Crippen LogP) is -4.13. The fourth-order valence-electron chi connectivity index (χ4n) is 3.44. The Labute approximate surface area is 247 Å². The van der Waals surface area contributed by atoms with E-state index in [4.69, 9.17) is 27.0 Å². The second kappa shape index (κ2) is 18.6. The molecule has 0 unspecified atom stereocenters. The molecule has 43 heavy (non-hydrogen) atoms. The third kappa shape index (κ3) is 15.2. The number of phosphoric ester groups is 1. The lowest BCUT2D eigenvalue weighted by atomic mass is 10.1. The van der Waals surface area contributed by atoms with Crippen molar-refractivity contribution in [2.75, 3.05) is 19.8 Å². The van der Waals surface area contributed by atoms with E-state index in [1.54, 1.807) is 30.3 Å². The molecule has 0 aliphatic carbocycles. The highest BCUT2D eigenvalue weighted by Gasteiger charge is 2.30. The van der Waals surface area contributed by atoms with E-state index in [0.717, 1.165) is 0 Å². The number of aliphatic imine (C=N–C) groups is 1. The lowest BCUT2D eigenvalue weighted by molar-refractivity contribution is -0.134. The van der Waals surface area contributed by atoms with Crippen LogP contribution in [0.3, 0.4) is 0 Å². The summed E-state index contributed by atoms with van der Waals surface area (Å²) in [4.78, 5) is 84.0. The predicted molar refractivity (Wildman–Crippen MR) is 153 cm³/mol. The highest BCUT2D eigenvalue weighted by atomic mass is 31.2. The molecular weight excluding hydrogens is 591 g/mol. The van der Waals surface area contributed by atoms with Crippen LogP contribution in [-0.4, -0.2) is 101 Å². The van der Waals surface area contributed by atoms with Crippen LogP contribution >= 0.6 is 7.82 Å². The Hall–Kier alpha value is -3.93. The molecule has 13 N–H and O–H groups in total. The zero-order valence-corrected chi connectivity index (χ0v) is 24.3. The third-order valence-electron chi connectivity index (χ3n) is 5.70. The summed E-state index contributed by atoms with van der Waals surface area (Å²) in [6, 6.07) is 1.99. The summed E-state index contributed by atoms with van der Waals surface area (Å²) in [5, 5.41) is 18.7. The van der Waals surface area contributed by atoms with Crippen molar-refractivity contribution >= 4 is 43.7 Å². The normalized spacial score (nSPS) is 14.6. The number of rotatable bonds is 19. The van der Waals surface area contributed by atoms with Gasteiger partial charge in [0.25, 0.3) is 0 Å². The van der Waals surface area contributed by atoms with E-state index >= 15 is 0 Å².